The van der Waals surface area contributed by atoms with Gasteiger partial charge in [0.05, 0.1) is 6.04 Å². The fraction of sp³-hybridized carbons (Fsp3) is 0.700. The Morgan fingerprint density at radius 1 is 1.62 bits per heavy atom. The summed E-state index contributed by atoms with van der Waals surface area (Å²) in [5.41, 5.74) is 5.58. The molecule has 1 atom stereocenters. The van der Waals surface area contributed by atoms with Crippen LogP contribution in [0, 0.1) is 12.3 Å². The summed E-state index contributed by atoms with van der Waals surface area (Å²) in [6.45, 7) is 1.63. The number of hydrogen-bond acceptors (Lipinski definition) is 2. The minimum atomic E-state index is -0.257. The molecule has 1 rings (SSSR count). The quantitative estimate of drug-likeness (QED) is 0.501. The monoisotopic (exact) mass is 180 g/mol. The Morgan fingerprint density at radius 3 is 2.92 bits per heavy atom. The number of carbonyl (C=O) groups is 1. The van der Waals surface area contributed by atoms with Gasteiger partial charge in [-0.25, -0.2) is 0 Å². The lowest BCUT2D eigenvalue weighted by Gasteiger charge is -2.14. The standard InChI is InChI=1S/C10H16N2O/c1-2-3-4-5-7-12-8-6-9(11)10(12)13/h1,9H,3-8,11H2. The average molecular weight is 180 g/mol. The van der Waals surface area contributed by atoms with Crippen molar-refractivity contribution in [1.82, 2.24) is 4.90 Å². The number of hydrogen-bond donors (Lipinski definition) is 1. The molecule has 1 aliphatic heterocycles. The number of unbranched alkanes of at least 4 members (excludes halogenated alkanes) is 2. The lowest BCUT2D eigenvalue weighted by Crippen LogP contribution is -2.34. The summed E-state index contributed by atoms with van der Waals surface area (Å²) in [6, 6.07) is -0.257. The van der Waals surface area contributed by atoms with Crippen molar-refractivity contribution >= 4 is 5.91 Å². The smallest absolute Gasteiger partial charge is 0.239 e. The molecule has 0 aromatic heterocycles. The Balaban J connectivity index is 2.16. The second-order valence-corrected chi connectivity index (χ2v) is 3.38. The number of nitrogens with zero attached hydrogens (tertiary/aromatic N) is 1. The first kappa shape index (κ1) is 10.1. The van der Waals surface area contributed by atoms with Crippen LogP contribution in [0.1, 0.15) is 25.7 Å². The highest BCUT2D eigenvalue weighted by Gasteiger charge is 2.27. The van der Waals surface area contributed by atoms with Gasteiger partial charge in [0.1, 0.15) is 0 Å². The molecule has 1 amide bonds. The van der Waals surface area contributed by atoms with Crippen LogP contribution < -0.4 is 5.73 Å². The first-order valence-corrected chi connectivity index (χ1v) is 4.73. The number of likely N-dealkylation sites (tertiary alicyclic amines) is 1. The van der Waals surface area contributed by atoms with Crippen molar-refractivity contribution in [1.29, 1.82) is 0 Å². The Labute approximate surface area is 79.3 Å². The maximum absolute atomic E-state index is 11.3. The number of terminal acetylenes is 1. The molecular weight excluding hydrogens is 164 g/mol. The predicted octanol–water partition coefficient (Wildman–Crippen LogP) is 0.350. The zero-order valence-electron chi connectivity index (χ0n) is 7.83. The van der Waals surface area contributed by atoms with Crippen LogP contribution in [0.3, 0.4) is 0 Å². The normalized spacial score (nSPS) is 22.0. The third kappa shape index (κ3) is 2.74. The van der Waals surface area contributed by atoms with Crippen molar-refractivity contribution in [2.24, 2.45) is 5.73 Å². The van der Waals surface area contributed by atoms with Crippen molar-refractivity contribution in [3.05, 3.63) is 0 Å². The number of carbonyl (C=O) groups excluding carboxylic acids is 1. The zero-order chi connectivity index (χ0) is 9.68. The van der Waals surface area contributed by atoms with Crippen LogP contribution in [0.2, 0.25) is 0 Å². The molecule has 0 aromatic carbocycles. The second-order valence-electron chi connectivity index (χ2n) is 3.38. The van der Waals surface area contributed by atoms with E-state index in [2.05, 4.69) is 5.92 Å². The number of amides is 1. The molecule has 0 bridgehead atoms. The van der Waals surface area contributed by atoms with E-state index in [0.29, 0.717) is 0 Å². The van der Waals surface area contributed by atoms with E-state index in [1.165, 1.54) is 0 Å². The molecule has 72 valence electrons. The second kappa shape index (κ2) is 4.88. The van der Waals surface area contributed by atoms with Crippen molar-refractivity contribution < 1.29 is 4.79 Å². The van der Waals surface area contributed by atoms with Crippen LogP contribution in [0.25, 0.3) is 0 Å². The van der Waals surface area contributed by atoms with Crippen LogP contribution in [0.15, 0.2) is 0 Å². The van der Waals surface area contributed by atoms with Gasteiger partial charge < -0.3 is 10.6 Å². The zero-order valence-corrected chi connectivity index (χ0v) is 7.83. The van der Waals surface area contributed by atoms with E-state index in [4.69, 9.17) is 12.2 Å². The molecule has 13 heavy (non-hydrogen) atoms. The molecule has 0 saturated carbocycles. The Kier molecular flexibility index (Phi) is 3.78. The first-order chi connectivity index (χ1) is 6.25. The van der Waals surface area contributed by atoms with Crippen LogP contribution in [0.4, 0.5) is 0 Å². The molecule has 1 fully saturated rings. The van der Waals surface area contributed by atoms with E-state index in [1.54, 1.807) is 0 Å². The lowest BCUT2D eigenvalue weighted by molar-refractivity contribution is -0.128. The fourth-order valence-electron chi connectivity index (χ4n) is 1.51. The van der Waals surface area contributed by atoms with Gasteiger partial charge in [-0.3, -0.25) is 4.79 Å². The molecule has 1 saturated heterocycles. The Morgan fingerprint density at radius 2 is 2.38 bits per heavy atom. The van der Waals surface area contributed by atoms with Crippen LogP contribution >= 0.6 is 0 Å². The van der Waals surface area contributed by atoms with E-state index in [1.807, 2.05) is 4.90 Å². The maximum atomic E-state index is 11.3. The molecule has 1 unspecified atom stereocenters. The van der Waals surface area contributed by atoms with Gasteiger partial charge in [0.2, 0.25) is 5.91 Å². The highest BCUT2D eigenvalue weighted by Crippen LogP contribution is 2.10. The molecule has 2 N–H and O–H groups in total. The average Bonchev–Trinajstić information content (AvgIpc) is 2.43. The van der Waals surface area contributed by atoms with E-state index >= 15 is 0 Å². The van der Waals surface area contributed by atoms with Crippen molar-refractivity contribution in [2.75, 3.05) is 13.1 Å². The SMILES string of the molecule is C#CCCCCN1CCC(N)C1=O. The molecule has 3 heteroatoms. The number of rotatable bonds is 4. The molecule has 0 radical (unpaired) electrons. The van der Waals surface area contributed by atoms with Gasteiger partial charge in [-0.2, -0.15) is 0 Å². The summed E-state index contributed by atoms with van der Waals surface area (Å²) in [7, 11) is 0. The summed E-state index contributed by atoms with van der Waals surface area (Å²) < 4.78 is 0. The molecule has 0 spiro atoms. The number of nitrogens with two attached hydrogens (primary N) is 1. The van der Waals surface area contributed by atoms with Crippen molar-refractivity contribution in [3.8, 4) is 12.3 Å². The molecule has 0 aliphatic carbocycles. The Hall–Kier alpha value is -1.01. The highest BCUT2D eigenvalue weighted by atomic mass is 16.2. The van der Waals surface area contributed by atoms with E-state index < -0.39 is 0 Å². The van der Waals surface area contributed by atoms with Gasteiger partial charge in [0.25, 0.3) is 0 Å². The highest BCUT2D eigenvalue weighted by molar-refractivity contribution is 5.83. The largest absolute Gasteiger partial charge is 0.341 e. The van der Waals surface area contributed by atoms with Gasteiger partial charge >= 0.3 is 0 Å². The van der Waals surface area contributed by atoms with Gasteiger partial charge in [-0.05, 0) is 19.3 Å². The molecule has 1 aliphatic rings. The fourth-order valence-corrected chi connectivity index (χ4v) is 1.51. The predicted molar refractivity (Wildman–Crippen MR) is 51.9 cm³/mol. The summed E-state index contributed by atoms with van der Waals surface area (Å²) in [4.78, 5) is 13.2. The first-order valence-electron chi connectivity index (χ1n) is 4.73. The van der Waals surface area contributed by atoms with Crippen LogP contribution in [-0.2, 0) is 4.79 Å². The Bertz CT molecular complexity index is 219. The van der Waals surface area contributed by atoms with Crippen LogP contribution in [0.5, 0.6) is 0 Å². The minimum absolute atomic E-state index is 0.0979. The summed E-state index contributed by atoms with van der Waals surface area (Å²) in [5, 5.41) is 0. The van der Waals surface area contributed by atoms with E-state index in [0.717, 1.165) is 38.8 Å². The summed E-state index contributed by atoms with van der Waals surface area (Å²) in [5.74, 6) is 2.68. The van der Waals surface area contributed by atoms with E-state index in [-0.39, 0.29) is 11.9 Å². The van der Waals surface area contributed by atoms with Gasteiger partial charge in [0.15, 0.2) is 0 Å². The lowest BCUT2D eigenvalue weighted by atomic mass is 10.2. The molecule has 3 nitrogen and oxygen atoms in total. The topological polar surface area (TPSA) is 46.3 Å². The summed E-state index contributed by atoms with van der Waals surface area (Å²) >= 11 is 0. The molecular formula is C10H16N2O. The van der Waals surface area contributed by atoms with E-state index in [9.17, 15) is 4.79 Å². The maximum Gasteiger partial charge on any atom is 0.239 e. The minimum Gasteiger partial charge on any atom is -0.341 e. The van der Waals surface area contributed by atoms with Gasteiger partial charge in [-0.15, -0.1) is 12.3 Å². The van der Waals surface area contributed by atoms with Gasteiger partial charge in [-0.1, -0.05) is 0 Å². The summed E-state index contributed by atoms with van der Waals surface area (Å²) in [6.07, 6.45) is 8.71. The van der Waals surface area contributed by atoms with Gasteiger partial charge in [0, 0.05) is 19.5 Å². The third-order valence-electron chi connectivity index (χ3n) is 2.34. The molecule has 1 heterocycles. The van der Waals surface area contributed by atoms with Crippen molar-refractivity contribution in [2.45, 2.75) is 31.7 Å². The molecule has 0 aromatic rings. The van der Waals surface area contributed by atoms with Crippen molar-refractivity contribution in [3.63, 3.8) is 0 Å². The van der Waals surface area contributed by atoms with Crippen LogP contribution in [-0.4, -0.2) is 29.9 Å². The third-order valence-corrected chi connectivity index (χ3v) is 2.34.